The van der Waals surface area contributed by atoms with E-state index in [-0.39, 0.29) is 11.6 Å². The molecule has 0 spiro atoms. The molecule has 0 bridgehead atoms. The summed E-state index contributed by atoms with van der Waals surface area (Å²) in [6, 6.07) is 8.48. The Kier molecular flexibility index (Phi) is 1.57. The topological polar surface area (TPSA) is 13.1 Å². The molecular weight excluding hydrogens is 198 g/mol. The molecule has 3 heteroatoms. The van der Waals surface area contributed by atoms with Gasteiger partial charge in [0.15, 0.2) is 0 Å². The minimum atomic E-state index is -0.359. The van der Waals surface area contributed by atoms with Gasteiger partial charge in [0.05, 0.1) is 0 Å². The summed E-state index contributed by atoms with van der Waals surface area (Å²) >= 11 is 0. The van der Waals surface area contributed by atoms with Crippen LogP contribution in [0.25, 0.3) is 21.9 Å². The zero-order valence-electron chi connectivity index (χ0n) is 7.63. The van der Waals surface area contributed by atoms with Crippen molar-refractivity contribution in [3.8, 4) is 0 Å². The fourth-order valence-corrected chi connectivity index (χ4v) is 1.72. The van der Waals surface area contributed by atoms with Crippen molar-refractivity contribution in [1.82, 2.24) is 0 Å². The summed E-state index contributed by atoms with van der Waals surface area (Å²) in [5.74, 6) is -0.684. The molecule has 0 radical (unpaired) electrons. The van der Waals surface area contributed by atoms with Crippen molar-refractivity contribution in [2.45, 2.75) is 0 Å². The molecule has 74 valence electrons. The number of hydrogen-bond acceptors (Lipinski definition) is 1. The zero-order valence-corrected chi connectivity index (χ0v) is 7.63. The number of benzene rings is 2. The van der Waals surface area contributed by atoms with Crippen LogP contribution in [0.3, 0.4) is 0 Å². The van der Waals surface area contributed by atoms with Crippen molar-refractivity contribution in [2.75, 3.05) is 0 Å². The van der Waals surface area contributed by atoms with Gasteiger partial charge < -0.3 is 4.42 Å². The van der Waals surface area contributed by atoms with Gasteiger partial charge >= 0.3 is 0 Å². The van der Waals surface area contributed by atoms with E-state index >= 15 is 0 Å². The SMILES string of the molecule is Fc1ccc2c(c1)oc1ccc(F)cc12. The first-order valence-electron chi connectivity index (χ1n) is 4.51. The van der Waals surface area contributed by atoms with E-state index < -0.39 is 0 Å². The van der Waals surface area contributed by atoms with Crippen LogP contribution in [0.1, 0.15) is 0 Å². The van der Waals surface area contributed by atoms with Gasteiger partial charge in [-0.2, -0.15) is 0 Å². The predicted octanol–water partition coefficient (Wildman–Crippen LogP) is 3.86. The summed E-state index contributed by atoms with van der Waals surface area (Å²) < 4.78 is 31.3. The smallest absolute Gasteiger partial charge is 0.138 e. The Balaban J connectivity index is 2.53. The quantitative estimate of drug-likeness (QED) is 0.541. The lowest BCUT2D eigenvalue weighted by Crippen LogP contribution is -1.72. The average molecular weight is 204 g/mol. The molecule has 0 saturated heterocycles. The van der Waals surface area contributed by atoms with Gasteiger partial charge in [0.1, 0.15) is 22.8 Å². The third-order valence-corrected chi connectivity index (χ3v) is 2.40. The van der Waals surface area contributed by atoms with E-state index in [0.717, 1.165) is 5.39 Å². The minimum Gasteiger partial charge on any atom is -0.456 e. The van der Waals surface area contributed by atoms with Crippen LogP contribution in [0.2, 0.25) is 0 Å². The zero-order chi connectivity index (χ0) is 10.4. The van der Waals surface area contributed by atoms with Crippen molar-refractivity contribution in [3.05, 3.63) is 48.0 Å². The molecule has 0 atom stereocenters. The molecule has 0 aliphatic carbocycles. The molecule has 0 N–H and O–H groups in total. The van der Waals surface area contributed by atoms with Crippen LogP contribution in [0, 0.1) is 11.6 Å². The fourth-order valence-electron chi connectivity index (χ4n) is 1.72. The van der Waals surface area contributed by atoms with Crippen LogP contribution in [0.4, 0.5) is 8.78 Å². The first kappa shape index (κ1) is 8.41. The van der Waals surface area contributed by atoms with Crippen LogP contribution < -0.4 is 0 Å². The molecule has 0 unspecified atom stereocenters. The maximum Gasteiger partial charge on any atom is 0.138 e. The van der Waals surface area contributed by atoms with Crippen molar-refractivity contribution in [1.29, 1.82) is 0 Å². The van der Waals surface area contributed by atoms with E-state index in [0.29, 0.717) is 16.6 Å². The van der Waals surface area contributed by atoms with E-state index in [1.54, 1.807) is 12.1 Å². The van der Waals surface area contributed by atoms with E-state index in [1.165, 1.54) is 24.3 Å². The lowest BCUT2D eigenvalue weighted by Gasteiger charge is -1.89. The third-order valence-electron chi connectivity index (χ3n) is 2.40. The van der Waals surface area contributed by atoms with Crippen LogP contribution in [0.15, 0.2) is 40.8 Å². The maximum atomic E-state index is 13.0. The van der Waals surface area contributed by atoms with Crippen molar-refractivity contribution >= 4 is 21.9 Å². The predicted molar refractivity (Wildman–Crippen MR) is 53.6 cm³/mol. The molecule has 1 heterocycles. The highest BCUT2D eigenvalue weighted by molar-refractivity contribution is 6.04. The first-order valence-corrected chi connectivity index (χ1v) is 4.51. The van der Waals surface area contributed by atoms with Gasteiger partial charge in [0.25, 0.3) is 0 Å². The molecule has 0 aliphatic heterocycles. The Morgan fingerprint density at radius 3 is 2.33 bits per heavy atom. The number of rotatable bonds is 0. The van der Waals surface area contributed by atoms with Crippen molar-refractivity contribution in [2.24, 2.45) is 0 Å². The van der Waals surface area contributed by atoms with E-state index in [4.69, 9.17) is 4.42 Å². The highest BCUT2D eigenvalue weighted by Crippen LogP contribution is 2.29. The van der Waals surface area contributed by atoms with Crippen LogP contribution in [0.5, 0.6) is 0 Å². The maximum absolute atomic E-state index is 13.0. The average Bonchev–Trinajstić information content (AvgIpc) is 2.54. The second kappa shape index (κ2) is 2.79. The van der Waals surface area contributed by atoms with Gasteiger partial charge in [-0.15, -0.1) is 0 Å². The first-order chi connectivity index (χ1) is 7.24. The van der Waals surface area contributed by atoms with Gasteiger partial charge in [-0.1, -0.05) is 0 Å². The van der Waals surface area contributed by atoms with Gasteiger partial charge in [-0.25, -0.2) is 8.78 Å². The second-order valence-corrected chi connectivity index (χ2v) is 3.38. The minimum absolute atomic E-state index is 0.325. The lowest BCUT2D eigenvalue weighted by atomic mass is 10.1. The largest absolute Gasteiger partial charge is 0.456 e. The van der Waals surface area contributed by atoms with Gasteiger partial charge in [0, 0.05) is 16.8 Å². The van der Waals surface area contributed by atoms with E-state index in [2.05, 4.69) is 0 Å². The summed E-state index contributed by atoms with van der Waals surface area (Å²) in [7, 11) is 0. The van der Waals surface area contributed by atoms with Crippen LogP contribution in [-0.2, 0) is 0 Å². The molecule has 2 aromatic carbocycles. The van der Waals surface area contributed by atoms with Crippen molar-refractivity contribution in [3.63, 3.8) is 0 Å². The highest BCUT2D eigenvalue weighted by atomic mass is 19.1. The Morgan fingerprint density at radius 1 is 0.733 bits per heavy atom. The highest BCUT2D eigenvalue weighted by Gasteiger charge is 2.07. The Labute approximate surface area is 83.9 Å². The Bertz CT molecular complexity index is 655. The van der Waals surface area contributed by atoms with Crippen LogP contribution in [-0.4, -0.2) is 0 Å². The molecule has 0 saturated carbocycles. The molecule has 1 nitrogen and oxygen atoms in total. The molecule has 0 aliphatic rings. The number of furan rings is 1. The molecule has 3 rings (SSSR count). The third kappa shape index (κ3) is 1.20. The monoisotopic (exact) mass is 204 g/mol. The summed E-state index contributed by atoms with van der Waals surface area (Å²) in [6.45, 7) is 0. The van der Waals surface area contributed by atoms with E-state index in [9.17, 15) is 8.78 Å². The standard InChI is InChI=1S/C12H6F2O/c13-7-2-4-11-10(5-7)9-3-1-8(14)6-12(9)15-11/h1-6H. The molecule has 0 fully saturated rings. The van der Waals surface area contributed by atoms with E-state index in [1.807, 2.05) is 0 Å². The number of halogens is 2. The summed E-state index contributed by atoms with van der Waals surface area (Å²) in [5.41, 5.74) is 1.01. The van der Waals surface area contributed by atoms with Crippen molar-refractivity contribution < 1.29 is 13.2 Å². The van der Waals surface area contributed by atoms with Gasteiger partial charge in [0.2, 0.25) is 0 Å². The molecule has 1 aromatic heterocycles. The summed E-state index contributed by atoms with van der Waals surface area (Å²) in [5, 5.41) is 1.40. The Hall–Kier alpha value is -1.90. The fraction of sp³-hybridized carbons (Fsp3) is 0. The van der Waals surface area contributed by atoms with Gasteiger partial charge in [-0.05, 0) is 30.3 Å². The lowest BCUT2D eigenvalue weighted by molar-refractivity contribution is 0.616. The number of hydrogen-bond donors (Lipinski definition) is 0. The second-order valence-electron chi connectivity index (χ2n) is 3.38. The molecule has 3 aromatic rings. The normalized spacial score (nSPS) is 11.3. The molecular formula is C12H6F2O. The van der Waals surface area contributed by atoms with Gasteiger partial charge in [-0.3, -0.25) is 0 Å². The van der Waals surface area contributed by atoms with Crippen LogP contribution >= 0.6 is 0 Å². The summed E-state index contributed by atoms with van der Waals surface area (Å²) in [6.07, 6.45) is 0. The molecule has 15 heavy (non-hydrogen) atoms. The number of fused-ring (bicyclic) bond motifs is 3. The molecule has 0 amide bonds. The summed E-state index contributed by atoms with van der Waals surface area (Å²) in [4.78, 5) is 0. The Morgan fingerprint density at radius 2 is 1.47 bits per heavy atom.